The summed E-state index contributed by atoms with van der Waals surface area (Å²) in [4.78, 5) is 13.8. The summed E-state index contributed by atoms with van der Waals surface area (Å²) in [7, 11) is 2.13. The maximum Gasteiger partial charge on any atom is 0.225 e. The van der Waals surface area contributed by atoms with Gasteiger partial charge in [-0.25, -0.2) is 9.97 Å². The normalized spacial score (nSPS) is 14.0. The number of nitrogens with two attached hydrogens (primary N) is 1. The molecular formula is C13H25Cl2N5. The van der Waals surface area contributed by atoms with Crippen LogP contribution in [-0.2, 0) is 19.5 Å². The first-order valence-electron chi connectivity index (χ1n) is 6.71. The fourth-order valence-corrected chi connectivity index (χ4v) is 2.42. The third kappa shape index (κ3) is 3.95. The third-order valence-electron chi connectivity index (χ3n) is 3.56. The Balaban J connectivity index is 0.00000180. The molecule has 20 heavy (non-hydrogen) atoms. The van der Waals surface area contributed by atoms with E-state index in [-0.39, 0.29) is 24.8 Å². The van der Waals surface area contributed by atoms with E-state index in [1.165, 1.54) is 11.3 Å². The summed E-state index contributed by atoms with van der Waals surface area (Å²) in [5.74, 6) is 0.837. The lowest BCUT2D eigenvalue weighted by atomic mass is 10.0. The van der Waals surface area contributed by atoms with E-state index in [1.54, 1.807) is 0 Å². The maximum atomic E-state index is 5.84. The van der Waals surface area contributed by atoms with Gasteiger partial charge in [-0.15, -0.1) is 24.8 Å². The van der Waals surface area contributed by atoms with E-state index in [0.29, 0.717) is 6.54 Å². The van der Waals surface area contributed by atoms with Crippen LogP contribution in [0.2, 0.25) is 0 Å². The van der Waals surface area contributed by atoms with Crippen LogP contribution in [0.4, 0.5) is 5.95 Å². The van der Waals surface area contributed by atoms with E-state index >= 15 is 0 Å². The molecule has 0 fully saturated rings. The second-order valence-corrected chi connectivity index (χ2v) is 4.76. The Bertz CT molecular complexity index is 406. The molecule has 5 nitrogen and oxygen atoms in total. The lowest BCUT2D eigenvalue weighted by Crippen LogP contribution is -2.32. The van der Waals surface area contributed by atoms with Gasteiger partial charge in [0.05, 0.1) is 11.4 Å². The van der Waals surface area contributed by atoms with Crippen LogP contribution in [-0.4, -0.2) is 41.5 Å². The van der Waals surface area contributed by atoms with Crippen LogP contribution < -0.4 is 10.6 Å². The van der Waals surface area contributed by atoms with E-state index in [2.05, 4.69) is 35.7 Å². The molecule has 1 aliphatic heterocycles. The highest BCUT2D eigenvalue weighted by Gasteiger charge is 2.20. The van der Waals surface area contributed by atoms with Gasteiger partial charge >= 0.3 is 0 Å². The molecule has 0 radical (unpaired) electrons. The van der Waals surface area contributed by atoms with E-state index in [1.807, 2.05) is 0 Å². The predicted octanol–water partition coefficient (Wildman–Crippen LogP) is 1.61. The molecule has 0 aromatic carbocycles. The molecule has 0 aliphatic carbocycles. The van der Waals surface area contributed by atoms with Crippen LogP contribution in [0.15, 0.2) is 0 Å². The summed E-state index contributed by atoms with van der Waals surface area (Å²) in [5.41, 5.74) is 9.28. The zero-order chi connectivity index (χ0) is 13.1. The Morgan fingerprint density at radius 1 is 1.20 bits per heavy atom. The van der Waals surface area contributed by atoms with Gasteiger partial charge in [0.15, 0.2) is 0 Å². The maximum absolute atomic E-state index is 5.84. The minimum atomic E-state index is 0. The Labute approximate surface area is 133 Å². The molecule has 0 saturated carbocycles. The fourth-order valence-electron chi connectivity index (χ4n) is 2.42. The summed E-state index contributed by atoms with van der Waals surface area (Å²) in [6, 6.07) is 0. The zero-order valence-electron chi connectivity index (χ0n) is 12.4. The summed E-state index contributed by atoms with van der Waals surface area (Å²) in [5, 5.41) is 0. The van der Waals surface area contributed by atoms with Gasteiger partial charge in [-0.2, -0.15) is 0 Å². The largest absolute Gasteiger partial charge is 0.341 e. The molecular weight excluding hydrogens is 297 g/mol. The molecule has 1 aromatic heterocycles. The van der Waals surface area contributed by atoms with Crippen molar-refractivity contribution in [1.82, 2.24) is 14.9 Å². The van der Waals surface area contributed by atoms with Gasteiger partial charge in [0.1, 0.15) is 0 Å². The molecule has 1 aromatic rings. The van der Waals surface area contributed by atoms with E-state index < -0.39 is 0 Å². The Hall–Kier alpha value is -0.620. The van der Waals surface area contributed by atoms with Crippen molar-refractivity contribution in [2.75, 3.05) is 31.6 Å². The highest BCUT2D eigenvalue weighted by molar-refractivity contribution is 5.85. The average Bonchev–Trinajstić information content (AvgIpc) is 2.39. The summed E-state index contributed by atoms with van der Waals surface area (Å²) in [6.07, 6.45) is 0.996. The van der Waals surface area contributed by atoms with E-state index in [9.17, 15) is 0 Å². The number of halogens is 2. The monoisotopic (exact) mass is 321 g/mol. The van der Waals surface area contributed by atoms with Crippen molar-refractivity contribution < 1.29 is 0 Å². The van der Waals surface area contributed by atoms with Crippen LogP contribution in [0.3, 0.4) is 0 Å². The molecule has 2 heterocycles. The Kier molecular flexibility index (Phi) is 8.35. The summed E-state index contributed by atoms with van der Waals surface area (Å²) in [6.45, 7) is 8.59. The number of nitrogens with zero attached hydrogens (tertiary/aromatic N) is 4. The van der Waals surface area contributed by atoms with Gasteiger partial charge in [-0.05, 0) is 20.9 Å². The zero-order valence-corrected chi connectivity index (χ0v) is 14.1. The van der Waals surface area contributed by atoms with Crippen molar-refractivity contribution in [3.63, 3.8) is 0 Å². The van der Waals surface area contributed by atoms with Crippen molar-refractivity contribution >= 4 is 30.8 Å². The lowest BCUT2D eigenvalue weighted by molar-refractivity contribution is 0.307. The molecule has 0 atom stereocenters. The molecule has 2 N–H and O–H groups in total. The SMILES string of the molecule is CCN(CC)c1nc(CN)c2c(n1)CCN(C)C2.Cl.Cl. The van der Waals surface area contributed by atoms with Crippen molar-refractivity contribution in [3.05, 3.63) is 17.0 Å². The lowest BCUT2D eigenvalue weighted by Gasteiger charge is -2.28. The number of aromatic nitrogens is 2. The standard InChI is InChI=1S/C13H23N5.2ClH/c1-4-18(5-2)13-15-11-6-7-17(3)9-10(11)12(8-14)16-13;;/h4-9,14H2,1-3H3;2*1H. The van der Waals surface area contributed by atoms with E-state index in [4.69, 9.17) is 10.7 Å². The quantitative estimate of drug-likeness (QED) is 0.913. The average molecular weight is 322 g/mol. The van der Waals surface area contributed by atoms with Crippen LogP contribution in [0, 0.1) is 0 Å². The molecule has 0 bridgehead atoms. The molecule has 0 unspecified atom stereocenters. The van der Waals surface area contributed by atoms with Crippen LogP contribution in [0.1, 0.15) is 30.8 Å². The van der Waals surface area contributed by atoms with Gasteiger partial charge in [0.2, 0.25) is 5.95 Å². The molecule has 0 saturated heterocycles. The van der Waals surface area contributed by atoms with Crippen LogP contribution >= 0.6 is 24.8 Å². The fraction of sp³-hybridized carbons (Fsp3) is 0.692. The number of rotatable bonds is 4. The van der Waals surface area contributed by atoms with Crippen molar-refractivity contribution in [3.8, 4) is 0 Å². The predicted molar refractivity (Wildman–Crippen MR) is 88.0 cm³/mol. The van der Waals surface area contributed by atoms with Gasteiger partial charge in [0, 0.05) is 44.7 Å². The highest BCUT2D eigenvalue weighted by atomic mass is 35.5. The third-order valence-corrected chi connectivity index (χ3v) is 3.56. The molecule has 2 rings (SSSR count). The Morgan fingerprint density at radius 3 is 2.40 bits per heavy atom. The first-order chi connectivity index (χ1) is 8.69. The summed E-state index contributed by atoms with van der Waals surface area (Å²) < 4.78 is 0. The van der Waals surface area contributed by atoms with Crippen LogP contribution in [0.5, 0.6) is 0 Å². The molecule has 0 amide bonds. The second kappa shape index (κ2) is 8.62. The van der Waals surface area contributed by atoms with E-state index in [0.717, 1.165) is 44.2 Å². The van der Waals surface area contributed by atoms with Crippen LogP contribution in [0.25, 0.3) is 0 Å². The topological polar surface area (TPSA) is 58.3 Å². The highest BCUT2D eigenvalue weighted by Crippen LogP contribution is 2.22. The number of hydrogen-bond acceptors (Lipinski definition) is 5. The second-order valence-electron chi connectivity index (χ2n) is 4.76. The van der Waals surface area contributed by atoms with Crippen molar-refractivity contribution in [2.45, 2.75) is 33.4 Å². The summed E-state index contributed by atoms with van der Waals surface area (Å²) >= 11 is 0. The molecule has 0 spiro atoms. The molecule has 1 aliphatic rings. The van der Waals surface area contributed by atoms with Gasteiger partial charge < -0.3 is 15.5 Å². The number of fused-ring (bicyclic) bond motifs is 1. The van der Waals surface area contributed by atoms with Gasteiger partial charge in [-0.3, -0.25) is 0 Å². The van der Waals surface area contributed by atoms with Gasteiger partial charge in [-0.1, -0.05) is 0 Å². The number of hydrogen-bond donors (Lipinski definition) is 1. The molecule has 7 heteroatoms. The first kappa shape index (κ1) is 19.4. The minimum Gasteiger partial charge on any atom is -0.341 e. The molecule has 116 valence electrons. The first-order valence-corrected chi connectivity index (χ1v) is 6.71. The Morgan fingerprint density at radius 2 is 1.85 bits per heavy atom. The number of anilines is 1. The number of likely N-dealkylation sites (N-methyl/N-ethyl adjacent to an activating group) is 1. The smallest absolute Gasteiger partial charge is 0.225 e. The van der Waals surface area contributed by atoms with Gasteiger partial charge in [0.25, 0.3) is 0 Å². The van der Waals surface area contributed by atoms with Crippen molar-refractivity contribution in [2.24, 2.45) is 5.73 Å². The van der Waals surface area contributed by atoms with Crippen molar-refractivity contribution in [1.29, 1.82) is 0 Å². The minimum absolute atomic E-state index is 0.